The molecule has 3 aromatic rings. The van der Waals surface area contributed by atoms with Gasteiger partial charge >= 0.3 is 0 Å². The molecule has 4 rings (SSSR count). The van der Waals surface area contributed by atoms with Crippen LogP contribution in [-0.4, -0.2) is 27.0 Å². The van der Waals surface area contributed by atoms with Crippen molar-refractivity contribution in [3.05, 3.63) is 58.8 Å². The molecule has 2 heterocycles. The van der Waals surface area contributed by atoms with Crippen LogP contribution < -0.4 is 0 Å². The van der Waals surface area contributed by atoms with Crippen molar-refractivity contribution in [3.63, 3.8) is 0 Å². The van der Waals surface area contributed by atoms with Crippen LogP contribution in [-0.2, 0) is 17.8 Å². The minimum absolute atomic E-state index is 0.159. The van der Waals surface area contributed by atoms with E-state index in [2.05, 4.69) is 48.3 Å². The first-order valence-corrected chi connectivity index (χ1v) is 10.7. The maximum Gasteiger partial charge on any atom is 0.227 e. The molecule has 6 heteroatoms. The van der Waals surface area contributed by atoms with Crippen LogP contribution in [0.25, 0.3) is 10.7 Å². The second-order valence-corrected chi connectivity index (χ2v) is 8.59. The number of thiophene rings is 1. The number of aryl methyl sites for hydroxylation is 1. The maximum absolute atomic E-state index is 12.9. The van der Waals surface area contributed by atoms with Gasteiger partial charge in [0.15, 0.2) is 0 Å². The van der Waals surface area contributed by atoms with Gasteiger partial charge in [0.05, 0.1) is 4.88 Å². The molecule has 1 fully saturated rings. The van der Waals surface area contributed by atoms with Crippen molar-refractivity contribution >= 4 is 17.2 Å². The van der Waals surface area contributed by atoms with E-state index in [1.807, 2.05) is 22.4 Å². The van der Waals surface area contributed by atoms with Gasteiger partial charge in [0.1, 0.15) is 0 Å². The molecule has 0 N–H and O–H groups in total. The minimum atomic E-state index is 0.159. The molecule has 1 aliphatic rings. The molecule has 5 nitrogen and oxygen atoms in total. The summed E-state index contributed by atoms with van der Waals surface area (Å²) in [5, 5.41) is 6.00. The lowest BCUT2D eigenvalue weighted by atomic mass is 10.0. The first-order chi connectivity index (χ1) is 13.6. The summed E-state index contributed by atoms with van der Waals surface area (Å²) in [6, 6.07) is 12.9. The van der Waals surface area contributed by atoms with E-state index < -0.39 is 0 Å². The van der Waals surface area contributed by atoms with Gasteiger partial charge in [-0.1, -0.05) is 49.3 Å². The molecular formula is C22H25N3O2S. The zero-order chi connectivity index (χ0) is 19.5. The smallest absolute Gasteiger partial charge is 0.227 e. The average Bonchev–Trinajstić information content (AvgIpc) is 3.18. The second-order valence-electron chi connectivity index (χ2n) is 7.64. The van der Waals surface area contributed by atoms with Crippen molar-refractivity contribution in [1.82, 2.24) is 15.0 Å². The quantitative estimate of drug-likeness (QED) is 0.536. The van der Waals surface area contributed by atoms with Crippen LogP contribution in [0.15, 0.2) is 46.3 Å². The molecule has 0 radical (unpaired) electrons. The molecule has 0 atom stereocenters. The topological polar surface area (TPSA) is 59.2 Å². The van der Waals surface area contributed by atoms with E-state index in [1.54, 1.807) is 11.3 Å². The maximum atomic E-state index is 12.9. The van der Waals surface area contributed by atoms with Crippen molar-refractivity contribution in [2.24, 2.45) is 0 Å². The van der Waals surface area contributed by atoms with Gasteiger partial charge in [-0.05, 0) is 41.3 Å². The van der Waals surface area contributed by atoms with Crippen LogP contribution in [0.5, 0.6) is 0 Å². The van der Waals surface area contributed by atoms with Gasteiger partial charge in [-0.3, -0.25) is 4.79 Å². The lowest BCUT2D eigenvalue weighted by Gasteiger charge is -2.22. The van der Waals surface area contributed by atoms with E-state index in [0.717, 1.165) is 17.7 Å². The molecule has 0 saturated heterocycles. The Morgan fingerprint density at radius 3 is 2.68 bits per heavy atom. The average molecular weight is 396 g/mol. The van der Waals surface area contributed by atoms with Gasteiger partial charge in [0, 0.05) is 25.4 Å². The summed E-state index contributed by atoms with van der Waals surface area (Å²) in [6.07, 6.45) is 3.07. The number of hydrogen-bond acceptors (Lipinski definition) is 5. The van der Waals surface area contributed by atoms with E-state index in [4.69, 9.17) is 4.52 Å². The molecule has 146 valence electrons. The minimum Gasteiger partial charge on any atom is -0.339 e. The third kappa shape index (κ3) is 4.50. The molecule has 28 heavy (non-hydrogen) atoms. The summed E-state index contributed by atoms with van der Waals surface area (Å²) in [7, 11) is 0. The lowest BCUT2D eigenvalue weighted by Crippen LogP contribution is -2.32. The summed E-state index contributed by atoms with van der Waals surface area (Å²) in [4.78, 5) is 20.3. The van der Waals surface area contributed by atoms with Gasteiger partial charge in [0.25, 0.3) is 0 Å². The Kier molecular flexibility index (Phi) is 5.57. The van der Waals surface area contributed by atoms with Gasteiger partial charge in [-0.15, -0.1) is 11.3 Å². The number of carbonyl (C=O) groups is 1. The number of carbonyl (C=O) groups excluding carboxylic acids is 1. The molecule has 0 bridgehead atoms. The molecule has 1 saturated carbocycles. The predicted molar refractivity (Wildman–Crippen MR) is 110 cm³/mol. The zero-order valence-corrected chi connectivity index (χ0v) is 17.1. The standard InChI is InChI=1S/C22H25N3O2S/c1-15(2)17-7-5-16(6-8-17)14-25(18-9-10-18)21(26)12-11-20-23-22(24-27-20)19-4-3-13-28-19/h3-8,13,15,18H,9-12,14H2,1-2H3. The van der Waals surface area contributed by atoms with Crippen molar-refractivity contribution in [3.8, 4) is 10.7 Å². The van der Waals surface area contributed by atoms with E-state index in [0.29, 0.717) is 43.1 Å². The number of rotatable bonds is 8. The van der Waals surface area contributed by atoms with Crippen LogP contribution in [0.1, 0.15) is 56.0 Å². The Hall–Kier alpha value is -2.47. The van der Waals surface area contributed by atoms with Crippen LogP contribution in [0.4, 0.5) is 0 Å². The van der Waals surface area contributed by atoms with Crippen molar-refractivity contribution < 1.29 is 9.32 Å². The highest BCUT2D eigenvalue weighted by Gasteiger charge is 2.32. The van der Waals surface area contributed by atoms with Gasteiger partial charge in [-0.25, -0.2) is 0 Å². The number of amides is 1. The number of benzene rings is 1. The first kappa shape index (κ1) is 18.9. The number of nitrogens with zero attached hydrogens (tertiary/aromatic N) is 3. The molecule has 1 aromatic carbocycles. The SMILES string of the molecule is CC(C)c1ccc(CN(C(=O)CCc2nc(-c3cccs3)no2)C2CC2)cc1. The van der Waals surface area contributed by atoms with E-state index in [1.165, 1.54) is 11.1 Å². The van der Waals surface area contributed by atoms with Gasteiger partial charge in [-0.2, -0.15) is 4.98 Å². The van der Waals surface area contributed by atoms with Crippen LogP contribution in [0.3, 0.4) is 0 Å². The zero-order valence-electron chi connectivity index (χ0n) is 16.3. The highest BCUT2D eigenvalue weighted by molar-refractivity contribution is 7.13. The lowest BCUT2D eigenvalue weighted by molar-refractivity contribution is -0.132. The molecular weight excluding hydrogens is 370 g/mol. The molecule has 2 aromatic heterocycles. The van der Waals surface area contributed by atoms with Crippen molar-refractivity contribution in [1.29, 1.82) is 0 Å². The van der Waals surface area contributed by atoms with Crippen LogP contribution >= 0.6 is 11.3 Å². The Morgan fingerprint density at radius 2 is 2.04 bits per heavy atom. The summed E-state index contributed by atoms with van der Waals surface area (Å²) in [5.41, 5.74) is 2.51. The van der Waals surface area contributed by atoms with E-state index in [9.17, 15) is 4.79 Å². The number of hydrogen-bond donors (Lipinski definition) is 0. The fourth-order valence-electron chi connectivity index (χ4n) is 3.23. The Morgan fingerprint density at radius 1 is 1.25 bits per heavy atom. The first-order valence-electron chi connectivity index (χ1n) is 9.85. The van der Waals surface area contributed by atoms with E-state index >= 15 is 0 Å². The van der Waals surface area contributed by atoms with Crippen LogP contribution in [0.2, 0.25) is 0 Å². The normalized spacial score (nSPS) is 13.8. The summed E-state index contributed by atoms with van der Waals surface area (Å²) < 4.78 is 5.32. The second kappa shape index (κ2) is 8.27. The fraction of sp³-hybridized carbons (Fsp3) is 0.409. The highest BCUT2D eigenvalue weighted by Crippen LogP contribution is 2.29. The highest BCUT2D eigenvalue weighted by atomic mass is 32.1. The largest absolute Gasteiger partial charge is 0.339 e. The predicted octanol–water partition coefficient (Wildman–Crippen LogP) is 5.05. The monoisotopic (exact) mass is 395 g/mol. The van der Waals surface area contributed by atoms with Crippen molar-refractivity contribution in [2.75, 3.05) is 0 Å². The molecule has 1 aliphatic carbocycles. The Bertz CT molecular complexity index is 912. The van der Waals surface area contributed by atoms with Crippen LogP contribution in [0, 0.1) is 0 Å². The van der Waals surface area contributed by atoms with E-state index in [-0.39, 0.29) is 5.91 Å². The molecule has 0 unspecified atom stereocenters. The van der Waals surface area contributed by atoms with Gasteiger partial charge in [0.2, 0.25) is 17.6 Å². The fourth-order valence-corrected chi connectivity index (χ4v) is 3.88. The number of aromatic nitrogens is 2. The summed E-state index contributed by atoms with van der Waals surface area (Å²) >= 11 is 1.57. The molecule has 0 spiro atoms. The molecule has 1 amide bonds. The molecule has 0 aliphatic heterocycles. The third-order valence-electron chi connectivity index (χ3n) is 5.07. The van der Waals surface area contributed by atoms with Gasteiger partial charge < -0.3 is 9.42 Å². The van der Waals surface area contributed by atoms with Crippen molar-refractivity contribution in [2.45, 2.75) is 58.0 Å². The third-order valence-corrected chi connectivity index (χ3v) is 5.94. The summed E-state index contributed by atoms with van der Waals surface area (Å²) in [6.45, 7) is 5.05. The Balaban J connectivity index is 1.36. The summed E-state index contributed by atoms with van der Waals surface area (Å²) in [5.74, 6) is 1.80. The Labute approximate surface area is 169 Å².